The van der Waals surface area contributed by atoms with Crippen LogP contribution in [0.15, 0.2) is 18.6 Å². The summed E-state index contributed by atoms with van der Waals surface area (Å²) in [5, 5.41) is 10.5. The Kier molecular flexibility index (Phi) is 4.62. The molecule has 7 nitrogen and oxygen atoms in total. The molecule has 128 valence electrons. The fourth-order valence-electron chi connectivity index (χ4n) is 3.24. The molecule has 0 bridgehead atoms. The van der Waals surface area contributed by atoms with Crippen molar-refractivity contribution < 1.29 is 9.90 Å². The lowest BCUT2D eigenvalue weighted by Crippen LogP contribution is -2.37. The number of anilines is 1. The van der Waals surface area contributed by atoms with Crippen LogP contribution in [-0.4, -0.2) is 43.5 Å². The molecule has 1 aliphatic rings. The Hall–Kier alpha value is -2.28. The molecule has 1 atom stereocenters. The molecule has 0 unspecified atom stereocenters. The van der Waals surface area contributed by atoms with Crippen LogP contribution in [-0.2, 0) is 7.05 Å². The van der Waals surface area contributed by atoms with E-state index in [-0.39, 0.29) is 11.7 Å². The third kappa shape index (κ3) is 3.17. The van der Waals surface area contributed by atoms with Crippen molar-refractivity contribution in [3.8, 4) is 0 Å². The lowest BCUT2D eigenvalue weighted by Gasteiger charge is -2.34. The first kappa shape index (κ1) is 16.6. The topological polar surface area (TPSA) is 84.1 Å². The fourth-order valence-corrected chi connectivity index (χ4v) is 3.24. The van der Waals surface area contributed by atoms with Gasteiger partial charge in [-0.25, -0.2) is 15.0 Å². The Morgan fingerprint density at radius 2 is 2.04 bits per heavy atom. The first-order chi connectivity index (χ1) is 11.5. The highest BCUT2D eigenvalue weighted by Gasteiger charge is 2.29. The maximum Gasteiger partial charge on any atom is 0.225 e. The number of rotatable bonds is 4. The van der Waals surface area contributed by atoms with Crippen molar-refractivity contribution in [2.45, 2.75) is 32.8 Å². The van der Waals surface area contributed by atoms with Gasteiger partial charge >= 0.3 is 0 Å². The first-order valence-electron chi connectivity index (χ1n) is 8.22. The van der Waals surface area contributed by atoms with E-state index >= 15 is 0 Å². The number of Topliss-reactive ketones (excluding diaryl/α,β-unsaturated/α-hetero) is 1. The molecule has 3 heterocycles. The van der Waals surface area contributed by atoms with Crippen LogP contribution in [0.4, 0.5) is 5.95 Å². The van der Waals surface area contributed by atoms with Crippen LogP contribution in [0.5, 0.6) is 0 Å². The number of imidazole rings is 1. The molecular weight excluding hydrogens is 306 g/mol. The van der Waals surface area contributed by atoms with E-state index < -0.39 is 6.10 Å². The summed E-state index contributed by atoms with van der Waals surface area (Å²) < 4.78 is 1.87. The molecule has 1 aliphatic heterocycles. The molecule has 0 saturated carbocycles. The summed E-state index contributed by atoms with van der Waals surface area (Å²) in [4.78, 5) is 26.6. The summed E-state index contributed by atoms with van der Waals surface area (Å²) in [5.74, 6) is 1.53. The third-order valence-corrected chi connectivity index (χ3v) is 4.74. The van der Waals surface area contributed by atoms with E-state index in [9.17, 15) is 9.90 Å². The van der Waals surface area contributed by atoms with Gasteiger partial charge in [0, 0.05) is 38.7 Å². The number of aliphatic hydroxyl groups is 1. The molecule has 7 heteroatoms. The zero-order chi connectivity index (χ0) is 17.3. The van der Waals surface area contributed by atoms with E-state index in [1.807, 2.05) is 24.7 Å². The highest BCUT2D eigenvalue weighted by Crippen LogP contribution is 2.30. The molecule has 0 aromatic carbocycles. The Balaban J connectivity index is 1.66. The molecular formula is C17H23N5O2. The van der Waals surface area contributed by atoms with Crippen molar-refractivity contribution in [3.63, 3.8) is 0 Å². The molecule has 0 spiro atoms. The average Bonchev–Trinajstić information content (AvgIpc) is 3.00. The lowest BCUT2D eigenvalue weighted by atomic mass is 9.91. The molecule has 0 amide bonds. The largest absolute Gasteiger partial charge is 0.385 e. The van der Waals surface area contributed by atoms with Crippen LogP contribution < -0.4 is 4.90 Å². The van der Waals surface area contributed by atoms with Crippen LogP contribution in [0, 0.1) is 12.8 Å². The standard InChI is InChI=1S/C17H23N5O2/c1-11-14(12(2)23)10-19-17(20-11)22-7-4-13(5-8-22)15(24)16-18-6-9-21(16)3/h6,9-10,13,15,24H,4-5,7-8H2,1-3H3/t15-/m0/s1. The van der Waals surface area contributed by atoms with Crippen molar-refractivity contribution in [2.24, 2.45) is 13.0 Å². The van der Waals surface area contributed by atoms with Gasteiger partial charge in [-0.05, 0) is 32.6 Å². The lowest BCUT2D eigenvalue weighted by molar-refractivity contribution is 0.0823. The predicted molar refractivity (Wildman–Crippen MR) is 89.9 cm³/mol. The number of hydrogen-bond donors (Lipinski definition) is 1. The summed E-state index contributed by atoms with van der Waals surface area (Å²) in [7, 11) is 1.90. The molecule has 1 saturated heterocycles. The molecule has 3 rings (SSSR count). The van der Waals surface area contributed by atoms with Crippen LogP contribution in [0.2, 0.25) is 0 Å². The normalized spacial score (nSPS) is 17.1. The van der Waals surface area contributed by atoms with Gasteiger partial charge in [-0.1, -0.05) is 0 Å². The zero-order valence-corrected chi connectivity index (χ0v) is 14.3. The van der Waals surface area contributed by atoms with E-state index in [4.69, 9.17) is 0 Å². The first-order valence-corrected chi connectivity index (χ1v) is 8.22. The predicted octanol–water partition coefficient (Wildman–Crippen LogP) is 1.67. The van der Waals surface area contributed by atoms with Crippen molar-refractivity contribution in [1.82, 2.24) is 19.5 Å². The van der Waals surface area contributed by atoms with Gasteiger partial charge in [0.15, 0.2) is 5.78 Å². The van der Waals surface area contributed by atoms with Gasteiger partial charge in [0.25, 0.3) is 0 Å². The number of hydrogen-bond acceptors (Lipinski definition) is 6. The summed E-state index contributed by atoms with van der Waals surface area (Å²) in [6, 6.07) is 0. The molecule has 0 aliphatic carbocycles. The minimum atomic E-state index is -0.546. The third-order valence-electron chi connectivity index (χ3n) is 4.74. The van der Waals surface area contributed by atoms with Crippen molar-refractivity contribution in [2.75, 3.05) is 18.0 Å². The molecule has 1 N–H and O–H groups in total. The fraction of sp³-hybridized carbons (Fsp3) is 0.529. The smallest absolute Gasteiger partial charge is 0.225 e. The quantitative estimate of drug-likeness (QED) is 0.859. The van der Waals surface area contributed by atoms with Gasteiger partial charge in [-0.15, -0.1) is 0 Å². The van der Waals surface area contributed by atoms with Crippen LogP contribution in [0.3, 0.4) is 0 Å². The number of aryl methyl sites for hydroxylation is 2. The van der Waals surface area contributed by atoms with E-state index in [2.05, 4.69) is 19.9 Å². The number of nitrogens with zero attached hydrogens (tertiary/aromatic N) is 5. The maximum absolute atomic E-state index is 11.5. The van der Waals surface area contributed by atoms with Crippen LogP contribution in [0.1, 0.15) is 47.7 Å². The Morgan fingerprint density at radius 1 is 1.33 bits per heavy atom. The van der Waals surface area contributed by atoms with Gasteiger partial charge in [0.1, 0.15) is 11.9 Å². The second kappa shape index (κ2) is 6.68. The van der Waals surface area contributed by atoms with Crippen molar-refractivity contribution in [3.05, 3.63) is 35.7 Å². The van der Waals surface area contributed by atoms with E-state index in [1.54, 1.807) is 12.4 Å². The average molecular weight is 329 g/mol. The summed E-state index contributed by atoms with van der Waals surface area (Å²) >= 11 is 0. The second-order valence-electron chi connectivity index (χ2n) is 6.39. The van der Waals surface area contributed by atoms with Gasteiger partial charge in [-0.3, -0.25) is 4.79 Å². The highest BCUT2D eigenvalue weighted by molar-refractivity contribution is 5.94. The minimum Gasteiger partial charge on any atom is -0.385 e. The molecule has 0 radical (unpaired) electrons. The van der Waals surface area contributed by atoms with Crippen molar-refractivity contribution >= 4 is 11.7 Å². The number of aliphatic hydroxyl groups excluding tert-OH is 1. The number of ketones is 1. The van der Waals surface area contributed by atoms with Gasteiger partial charge in [0.2, 0.25) is 5.95 Å². The number of piperidine rings is 1. The van der Waals surface area contributed by atoms with Crippen LogP contribution in [0.25, 0.3) is 0 Å². The SMILES string of the molecule is CC(=O)c1cnc(N2CCC([C@H](O)c3nccn3C)CC2)nc1C. The van der Waals surface area contributed by atoms with Crippen molar-refractivity contribution in [1.29, 1.82) is 0 Å². The number of carbonyl (C=O) groups is 1. The summed E-state index contributed by atoms with van der Waals surface area (Å²) in [6.07, 6.45) is 6.32. The molecule has 2 aromatic heterocycles. The summed E-state index contributed by atoms with van der Waals surface area (Å²) in [6.45, 7) is 4.92. The monoisotopic (exact) mass is 329 g/mol. The van der Waals surface area contributed by atoms with Crippen LogP contribution >= 0.6 is 0 Å². The van der Waals surface area contributed by atoms with E-state index in [0.29, 0.717) is 23.0 Å². The second-order valence-corrected chi connectivity index (χ2v) is 6.39. The number of aromatic nitrogens is 4. The molecule has 24 heavy (non-hydrogen) atoms. The number of carbonyl (C=O) groups excluding carboxylic acids is 1. The Morgan fingerprint density at radius 3 is 2.58 bits per heavy atom. The zero-order valence-electron chi connectivity index (χ0n) is 14.3. The van der Waals surface area contributed by atoms with Gasteiger partial charge < -0.3 is 14.6 Å². The Bertz CT molecular complexity index is 734. The Labute approximate surface area is 141 Å². The summed E-state index contributed by atoms with van der Waals surface area (Å²) in [5.41, 5.74) is 1.28. The van der Waals surface area contributed by atoms with E-state index in [1.165, 1.54) is 6.92 Å². The molecule has 2 aromatic rings. The highest BCUT2D eigenvalue weighted by atomic mass is 16.3. The van der Waals surface area contributed by atoms with E-state index in [0.717, 1.165) is 25.9 Å². The van der Waals surface area contributed by atoms with Gasteiger partial charge in [-0.2, -0.15) is 0 Å². The maximum atomic E-state index is 11.5. The minimum absolute atomic E-state index is 0.0176. The van der Waals surface area contributed by atoms with Gasteiger partial charge in [0.05, 0.1) is 11.3 Å². The molecule has 1 fully saturated rings.